The molecule has 0 radical (unpaired) electrons. The van der Waals surface area contributed by atoms with Crippen LogP contribution in [0.15, 0.2) is 0 Å². The molecule has 2 aliphatic rings. The van der Waals surface area contributed by atoms with Crippen molar-refractivity contribution in [2.24, 2.45) is 17.3 Å². The van der Waals surface area contributed by atoms with E-state index in [1.54, 1.807) is 0 Å². The number of unbranched alkanes of at least 4 members (excludes halogenated alkanes) is 1. The van der Waals surface area contributed by atoms with Gasteiger partial charge in [-0.05, 0) is 35.8 Å². The highest BCUT2D eigenvalue weighted by atomic mass is 32.2. The predicted molar refractivity (Wildman–Crippen MR) is 75.4 cm³/mol. The minimum Gasteiger partial charge on any atom is -0.300 e. The van der Waals surface area contributed by atoms with Crippen LogP contribution < -0.4 is 0 Å². The fourth-order valence-electron chi connectivity index (χ4n) is 3.24. The highest BCUT2D eigenvalue weighted by molar-refractivity contribution is 8.00. The van der Waals surface area contributed by atoms with Gasteiger partial charge in [0.1, 0.15) is 5.78 Å². The molecule has 1 heterocycles. The summed E-state index contributed by atoms with van der Waals surface area (Å²) in [7, 11) is 0. The summed E-state index contributed by atoms with van der Waals surface area (Å²) in [5, 5.41) is 0.798. The summed E-state index contributed by atoms with van der Waals surface area (Å²) >= 11 is 2.14. The lowest BCUT2D eigenvalue weighted by Gasteiger charge is -2.20. The van der Waals surface area contributed by atoms with Crippen LogP contribution in [0.5, 0.6) is 0 Å². The van der Waals surface area contributed by atoms with Crippen molar-refractivity contribution < 1.29 is 4.79 Å². The second kappa shape index (κ2) is 5.34. The largest absolute Gasteiger partial charge is 0.300 e. The summed E-state index contributed by atoms with van der Waals surface area (Å²) < 4.78 is 0. The molecule has 1 aliphatic heterocycles. The third-order valence-electron chi connectivity index (χ3n) is 4.23. The summed E-state index contributed by atoms with van der Waals surface area (Å²) in [6.07, 6.45) is 7.16. The average Bonchev–Trinajstić information content (AvgIpc) is 2.71. The van der Waals surface area contributed by atoms with Gasteiger partial charge in [-0.3, -0.25) is 4.79 Å². The fourth-order valence-corrected chi connectivity index (χ4v) is 5.00. The summed E-state index contributed by atoms with van der Waals surface area (Å²) in [6, 6.07) is 0. The van der Waals surface area contributed by atoms with Crippen LogP contribution in [0.2, 0.25) is 0 Å². The van der Waals surface area contributed by atoms with Crippen LogP contribution in [0, 0.1) is 17.3 Å². The van der Waals surface area contributed by atoms with Gasteiger partial charge in [0.25, 0.3) is 0 Å². The van der Waals surface area contributed by atoms with Gasteiger partial charge in [0.2, 0.25) is 0 Å². The molecule has 1 aliphatic carbocycles. The number of ketones is 1. The SMILES string of the molecule is CC(C)(C)CCCC[C@H]1SC[C@@H]2CC(=O)C[C@@H]21. The van der Waals surface area contributed by atoms with Crippen LogP contribution in [0.3, 0.4) is 0 Å². The Kier molecular flexibility index (Phi) is 4.22. The molecule has 1 saturated heterocycles. The Morgan fingerprint density at radius 1 is 1.24 bits per heavy atom. The molecule has 2 rings (SSSR count). The normalized spacial score (nSPS) is 33.1. The summed E-state index contributed by atoms with van der Waals surface area (Å²) in [6.45, 7) is 6.97. The Labute approximate surface area is 110 Å². The molecule has 0 aromatic carbocycles. The first-order valence-corrected chi connectivity index (χ1v) is 8.14. The van der Waals surface area contributed by atoms with E-state index >= 15 is 0 Å². The molecule has 98 valence electrons. The number of fused-ring (bicyclic) bond motifs is 1. The molecule has 0 bridgehead atoms. The van der Waals surface area contributed by atoms with Crippen molar-refractivity contribution in [3.8, 4) is 0 Å². The van der Waals surface area contributed by atoms with Gasteiger partial charge in [0, 0.05) is 18.1 Å². The molecule has 0 unspecified atom stereocenters. The summed E-state index contributed by atoms with van der Waals surface area (Å²) in [5.41, 5.74) is 0.481. The molecule has 1 saturated carbocycles. The first-order valence-electron chi connectivity index (χ1n) is 7.09. The molecular formula is C15H26OS. The third-order valence-corrected chi connectivity index (χ3v) is 5.86. The van der Waals surface area contributed by atoms with E-state index in [0.717, 1.165) is 29.9 Å². The van der Waals surface area contributed by atoms with Crippen LogP contribution in [0.4, 0.5) is 0 Å². The average molecular weight is 254 g/mol. The Balaban J connectivity index is 1.68. The number of carbonyl (C=O) groups excluding carboxylic acids is 1. The Bertz CT molecular complexity index is 279. The van der Waals surface area contributed by atoms with Crippen LogP contribution in [-0.2, 0) is 4.79 Å². The molecular weight excluding hydrogens is 228 g/mol. The number of hydrogen-bond donors (Lipinski definition) is 0. The zero-order chi connectivity index (χ0) is 12.5. The van der Waals surface area contributed by atoms with Crippen molar-refractivity contribution in [3.63, 3.8) is 0 Å². The van der Waals surface area contributed by atoms with Gasteiger partial charge in [-0.25, -0.2) is 0 Å². The van der Waals surface area contributed by atoms with Crippen LogP contribution in [0.1, 0.15) is 59.3 Å². The van der Waals surface area contributed by atoms with E-state index < -0.39 is 0 Å². The van der Waals surface area contributed by atoms with E-state index in [1.807, 2.05) is 0 Å². The van der Waals surface area contributed by atoms with Crippen molar-refractivity contribution in [1.29, 1.82) is 0 Å². The maximum Gasteiger partial charge on any atom is 0.133 e. The van der Waals surface area contributed by atoms with Crippen molar-refractivity contribution in [2.75, 3.05) is 5.75 Å². The lowest BCUT2D eigenvalue weighted by Crippen LogP contribution is -2.14. The lowest BCUT2D eigenvalue weighted by molar-refractivity contribution is -0.117. The Morgan fingerprint density at radius 2 is 2.00 bits per heavy atom. The smallest absolute Gasteiger partial charge is 0.133 e. The molecule has 0 aromatic rings. The highest BCUT2D eigenvalue weighted by Crippen LogP contribution is 2.47. The van der Waals surface area contributed by atoms with Crippen LogP contribution >= 0.6 is 11.8 Å². The van der Waals surface area contributed by atoms with E-state index in [-0.39, 0.29) is 0 Å². The van der Waals surface area contributed by atoms with Crippen molar-refractivity contribution in [1.82, 2.24) is 0 Å². The number of carbonyl (C=O) groups is 1. The maximum absolute atomic E-state index is 11.5. The summed E-state index contributed by atoms with van der Waals surface area (Å²) in [4.78, 5) is 11.5. The zero-order valence-electron chi connectivity index (χ0n) is 11.5. The minimum absolute atomic E-state index is 0.481. The van der Waals surface area contributed by atoms with Gasteiger partial charge in [0.15, 0.2) is 0 Å². The fraction of sp³-hybridized carbons (Fsp3) is 0.933. The number of thioether (sulfide) groups is 1. The molecule has 0 amide bonds. The van der Waals surface area contributed by atoms with Gasteiger partial charge < -0.3 is 0 Å². The molecule has 0 N–H and O–H groups in total. The zero-order valence-corrected chi connectivity index (χ0v) is 12.3. The van der Waals surface area contributed by atoms with Gasteiger partial charge in [0.05, 0.1) is 0 Å². The van der Waals surface area contributed by atoms with Crippen molar-refractivity contribution >= 4 is 17.5 Å². The molecule has 3 atom stereocenters. The van der Waals surface area contributed by atoms with Gasteiger partial charge >= 0.3 is 0 Å². The van der Waals surface area contributed by atoms with E-state index in [4.69, 9.17) is 0 Å². The summed E-state index contributed by atoms with van der Waals surface area (Å²) in [5.74, 6) is 3.25. The van der Waals surface area contributed by atoms with E-state index in [2.05, 4.69) is 32.5 Å². The molecule has 0 aromatic heterocycles. The number of hydrogen-bond acceptors (Lipinski definition) is 2. The first kappa shape index (κ1) is 13.5. The van der Waals surface area contributed by atoms with Crippen LogP contribution in [-0.4, -0.2) is 16.8 Å². The standard InChI is InChI=1S/C15H26OS/c1-15(2,3)7-5-4-6-14-13-9-12(16)8-11(13)10-17-14/h11,13-14H,4-10H2,1-3H3/t11-,13-,14+/m0/s1. The van der Waals surface area contributed by atoms with E-state index in [0.29, 0.717) is 11.2 Å². The highest BCUT2D eigenvalue weighted by Gasteiger charge is 2.42. The van der Waals surface area contributed by atoms with Gasteiger partial charge in [-0.2, -0.15) is 11.8 Å². The maximum atomic E-state index is 11.5. The topological polar surface area (TPSA) is 17.1 Å². The van der Waals surface area contributed by atoms with Crippen LogP contribution in [0.25, 0.3) is 0 Å². The Morgan fingerprint density at radius 3 is 2.71 bits per heavy atom. The molecule has 2 fully saturated rings. The van der Waals surface area contributed by atoms with Gasteiger partial charge in [-0.15, -0.1) is 0 Å². The predicted octanol–water partition coefficient (Wildman–Crippen LogP) is 4.30. The van der Waals surface area contributed by atoms with E-state index in [9.17, 15) is 4.79 Å². The number of Topliss-reactive ketones (excluding diaryl/α,β-unsaturated/α-hetero) is 1. The van der Waals surface area contributed by atoms with E-state index in [1.165, 1.54) is 31.4 Å². The third kappa shape index (κ3) is 3.74. The molecule has 1 nitrogen and oxygen atoms in total. The first-order chi connectivity index (χ1) is 7.96. The quantitative estimate of drug-likeness (QED) is 0.696. The van der Waals surface area contributed by atoms with Crippen molar-refractivity contribution in [3.05, 3.63) is 0 Å². The number of rotatable bonds is 4. The molecule has 17 heavy (non-hydrogen) atoms. The molecule has 0 spiro atoms. The van der Waals surface area contributed by atoms with Gasteiger partial charge in [-0.1, -0.05) is 33.6 Å². The monoisotopic (exact) mass is 254 g/mol. The molecule has 2 heteroatoms. The van der Waals surface area contributed by atoms with Crippen molar-refractivity contribution in [2.45, 2.75) is 64.5 Å². The second-order valence-electron chi connectivity index (χ2n) is 7.05. The lowest BCUT2D eigenvalue weighted by atomic mass is 9.88. The minimum atomic E-state index is 0.481. The Hall–Kier alpha value is 0.0200. The second-order valence-corrected chi connectivity index (χ2v) is 8.32.